The average Bonchev–Trinajstić information content (AvgIpc) is 2.84. The van der Waals surface area contributed by atoms with Crippen LogP contribution in [0.5, 0.6) is 0 Å². The van der Waals surface area contributed by atoms with Crippen molar-refractivity contribution in [2.75, 3.05) is 5.32 Å². The van der Waals surface area contributed by atoms with Crippen molar-refractivity contribution in [3.63, 3.8) is 0 Å². The summed E-state index contributed by atoms with van der Waals surface area (Å²) >= 11 is 0. The first-order chi connectivity index (χ1) is 8.70. The first-order valence-electron chi connectivity index (χ1n) is 5.70. The Morgan fingerprint density at radius 2 is 2.17 bits per heavy atom. The zero-order valence-corrected chi connectivity index (χ0v) is 10.0. The van der Waals surface area contributed by atoms with Crippen LogP contribution in [0.25, 0.3) is 0 Å². The summed E-state index contributed by atoms with van der Waals surface area (Å²) in [6.07, 6.45) is 1.89. The lowest BCUT2D eigenvalue weighted by molar-refractivity contribution is -0.384. The lowest BCUT2D eigenvalue weighted by Gasteiger charge is -2.04. The Bertz CT molecular complexity index is 551. The molecule has 1 heterocycles. The van der Waals surface area contributed by atoms with Gasteiger partial charge in [0, 0.05) is 18.8 Å². The van der Waals surface area contributed by atoms with E-state index >= 15 is 0 Å². The van der Waals surface area contributed by atoms with E-state index in [4.69, 9.17) is 0 Å². The van der Waals surface area contributed by atoms with Gasteiger partial charge < -0.3 is 5.32 Å². The summed E-state index contributed by atoms with van der Waals surface area (Å²) in [7, 11) is 0. The summed E-state index contributed by atoms with van der Waals surface area (Å²) in [5.41, 5.74) is 1.44. The van der Waals surface area contributed by atoms with Gasteiger partial charge in [0.2, 0.25) is 0 Å². The van der Waals surface area contributed by atoms with Crippen molar-refractivity contribution in [2.24, 2.45) is 0 Å². The van der Waals surface area contributed by atoms with Gasteiger partial charge in [-0.1, -0.05) is 12.1 Å². The van der Waals surface area contributed by atoms with Gasteiger partial charge in [0.1, 0.15) is 5.69 Å². The van der Waals surface area contributed by atoms with E-state index in [0.29, 0.717) is 12.2 Å². The maximum atomic E-state index is 10.8. The van der Waals surface area contributed by atoms with E-state index in [0.717, 1.165) is 12.2 Å². The molecule has 0 aliphatic rings. The molecule has 0 unspecified atom stereocenters. The summed E-state index contributed by atoms with van der Waals surface area (Å²) < 4.78 is 1.82. The van der Waals surface area contributed by atoms with Crippen molar-refractivity contribution in [2.45, 2.75) is 20.0 Å². The summed E-state index contributed by atoms with van der Waals surface area (Å²) in [4.78, 5) is 10.4. The molecule has 1 N–H and O–H groups in total. The molecule has 94 valence electrons. The Kier molecular flexibility index (Phi) is 3.57. The second-order valence-corrected chi connectivity index (χ2v) is 3.79. The molecule has 0 aliphatic carbocycles. The Labute approximate surface area is 104 Å². The zero-order valence-electron chi connectivity index (χ0n) is 10.0. The highest BCUT2D eigenvalue weighted by molar-refractivity contribution is 5.61. The van der Waals surface area contributed by atoms with E-state index in [2.05, 4.69) is 10.4 Å². The molecule has 0 radical (unpaired) electrons. The molecule has 18 heavy (non-hydrogen) atoms. The van der Waals surface area contributed by atoms with Crippen LogP contribution in [0, 0.1) is 10.1 Å². The highest BCUT2D eigenvalue weighted by Crippen LogP contribution is 2.23. The number of nitro groups is 1. The van der Waals surface area contributed by atoms with Gasteiger partial charge in [-0.25, -0.2) is 0 Å². The second kappa shape index (κ2) is 5.31. The smallest absolute Gasteiger partial charge is 0.292 e. The molecule has 0 amide bonds. The normalized spacial score (nSPS) is 10.3. The Balaban J connectivity index is 2.08. The van der Waals surface area contributed by atoms with Gasteiger partial charge in [0.05, 0.1) is 17.2 Å². The minimum atomic E-state index is -0.396. The molecule has 0 spiro atoms. The van der Waals surface area contributed by atoms with E-state index in [1.807, 2.05) is 23.9 Å². The number of nitro benzene ring substituents is 1. The summed E-state index contributed by atoms with van der Waals surface area (Å²) in [6.45, 7) is 3.29. The molecule has 6 heteroatoms. The predicted molar refractivity (Wildman–Crippen MR) is 68.3 cm³/mol. The van der Waals surface area contributed by atoms with Crippen molar-refractivity contribution >= 4 is 11.4 Å². The van der Waals surface area contributed by atoms with Gasteiger partial charge in [-0.15, -0.1) is 0 Å². The highest BCUT2D eigenvalue weighted by Gasteiger charge is 2.11. The van der Waals surface area contributed by atoms with Crippen LogP contribution in [-0.4, -0.2) is 14.7 Å². The highest BCUT2D eigenvalue weighted by atomic mass is 16.6. The van der Waals surface area contributed by atoms with E-state index in [9.17, 15) is 10.1 Å². The largest absolute Gasteiger partial charge is 0.374 e. The Morgan fingerprint density at radius 3 is 2.83 bits per heavy atom. The van der Waals surface area contributed by atoms with Crippen LogP contribution >= 0.6 is 0 Å². The molecule has 6 nitrogen and oxygen atoms in total. The fraction of sp³-hybridized carbons (Fsp3) is 0.250. The minimum absolute atomic E-state index is 0.0763. The zero-order chi connectivity index (χ0) is 13.0. The average molecular weight is 246 g/mol. The van der Waals surface area contributed by atoms with Gasteiger partial charge in [0.25, 0.3) is 5.69 Å². The second-order valence-electron chi connectivity index (χ2n) is 3.79. The third-order valence-corrected chi connectivity index (χ3v) is 2.58. The lowest BCUT2D eigenvalue weighted by atomic mass is 10.2. The Hall–Kier alpha value is -2.37. The fourth-order valence-corrected chi connectivity index (χ4v) is 1.64. The lowest BCUT2D eigenvalue weighted by Crippen LogP contribution is -2.04. The number of nitrogens with zero attached hydrogens (tertiary/aromatic N) is 3. The van der Waals surface area contributed by atoms with E-state index < -0.39 is 4.92 Å². The summed E-state index contributed by atoms with van der Waals surface area (Å²) in [6, 6.07) is 8.47. The summed E-state index contributed by atoms with van der Waals surface area (Å²) in [5.74, 6) is 0. The van der Waals surface area contributed by atoms with Crippen LogP contribution in [0.3, 0.4) is 0 Å². The molecule has 0 saturated heterocycles. The van der Waals surface area contributed by atoms with Crippen molar-refractivity contribution in [1.29, 1.82) is 0 Å². The molecule has 0 atom stereocenters. The van der Waals surface area contributed by atoms with Gasteiger partial charge in [-0.2, -0.15) is 5.10 Å². The van der Waals surface area contributed by atoms with Crippen molar-refractivity contribution < 1.29 is 4.92 Å². The molecule has 0 aliphatic heterocycles. The Morgan fingerprint density at radius 1 is 1.39 bits per heavy atom. The van der Waals surface area contributed by atoms with Gasteiger partial charge in [-0.05, 0) is 19.1 Å². The van der Waals surface area contributed by atoms with Gasteiger partial charge >= 0.3 is 0 Å². The standard InChI is InChI=1S/C12H14N4O2/c1-2-15-8-7-10(14-15)9-13-11-5-3-4-6-12(11)16(17)18/h3-8,13H,2,9H2,1H3. The van der Waals surface area contributed by atoms with Crippen molar-refractivity contribution in [3.05, 3.63) is 52.3 Å². The molecule has 1 aromatic heterocycles. The molecule has 0 saturated carbocycles. The van der Waals surface area contributed by atoms with E-state index in [1.54, 1.807) is 18.2 Å². The third kappa shape index (κ3) is 2.65. The van der Waals surface area contributed by atoms with Crippen molar-refractivity contribution in [3.8, 4) is 0 Å². The van der Waals surface area contributed by atoms with Crippen LogP contribution < -0.4 is 5.32 Å². The monoisotopic (exact) mass is 246 g/mol. The maximum absolute atomic E-state index is 10.8. The molecule has 2 aromatic rings. The minimum Gasteiger partial charge on any atom is -0.374 e. The molecular weight excluding hydrogens is 232 g/mol. The first kappa shape index (κ1) is 12.1. The summed E-state index contributed by atoms with van der Waals surface area (Å²) in [5, 5.41) is 18.2. The molecular formula is C12H14N4O2. The van der Waals surface area contributed by atoms with Gasteiger partial charge in [0.15, 0.2) is 0 Å². The van der Waals surface area contributed by atoms with Crippen LogP contribution in [0.2, 0.25) is 0 Å². The van der Waals surface area contributed by atoms with Crippen LogP contribution in [-0.2, 0) is 13.1 Å². The number of hydrogen-bond donors (Lipinski definition) is 1. The SMILES string of the molecule is CCn1ccc(CNc2ccccc2[N+](=O)[O-])n1. The number of anilines is 1. The number of nitrogens with one attached hydrogen (secondary N) is 1. The van der Waals surface area contributed by atoms with Gasteiger partial charge in [-0.3, -0.25) is 14.8 Å². The number of aromatic nitrogens is 2. The maximum Gasteiger partial charge on any atom is 0.292 e. The van der Waals surface area contributed by atoms with Crippen LogP contribution in [0.4, 0.5) is 11.4 Å². The molecule has 2 rings (SSSR count). The topological polar surface area (TPSA) is 73.0 Å². The third-order valence-electron chi connectivity index (χ3n) is 2.58. The molecule has 0 bridgehead atoms. The number of hydrogen-bond acceptors (Lipinski definition) is 4. The molecule has 0 fully saturated rings. The number of aryl methyl sites for hydroxylation is 1. The number of benzene rings is 1. The van der Waals surface area contributed by atoms with Crippen molar-refractivity contribution in [1.82, 2.24) is 9.78 Å². The van der Waals surface area contributed by atoms with Crippen LogP contribution in [0.15, 0.2) is 36.5 Å². The van der Waals surface area contributed by atoms with E-state index in [1.165, 1.54) is 6.07 Å². The fourth-order valence-electron chi connectivity index (χ4n) is 1.64. The predicted octanol–water partition coefficient (Wildman–Crippen LogP) is 2.42. The number of para-hydroxylation sites is 2. The van der Waals surface area contributed by atoms with E-state index in [-0.39, 0.29) is 5.69 Å². The first-order valence-corrected chi connectivity index (χ1v) is 5.70. The quantitative estimate of drug-likeness (QED) is 0.649. The van der Waals surface area contributed by atoms with Crippen LogP contribution in [0.1, 0.15) is 12.6 Å². The molecule has 1 aromatic carbocycles. The number of rotatable bonds is 5.